The van der Waals surface area contributed by atoms with Crippen molar-refractivity contribution in [2.75, 3.05) is 6.54 Å². The van der Waals surface area contributed by atoms with Crippen LogP contribution in [0.25, 0.3) is 5.69 Å². The maximum atomic E-state index is 13.5. The van der Waals surface area contributed by atoms with Crippen molar-refractivity contribution in [1.82, 2.24) is 14.7 Å². The molecule has 4 nitrogen and oxygen atoms in total. The number of carbonyl (C=O) groups is 1. The van der Waals surface area contributed by atoms with Gasteiger partial charge in [-0.3, -0.25) is 4.79 Å². The van der Waals surface area contributed by atoms with Gasteiger partial charge in [-0.15, -0.1) is 0 Å². The lowest BCUT2D eigenvalue weighted by molar-refractivity contribution is -0.139. The number of hydrogen-bond donors (Lipinski definition) is 0. The van der Waals surface area contributed by atoms with E-state index in [1.165, 1.54) is 74.7 Å². The van der Waals surface area contributed by atoms with Gasteiger partial charge in [-0.2, -0.15) is 5.10 Å². The minimum absolute atomic E-state index is 0.217. The molecule has 6 rings (SSSR count). The quantitative estimate of drug-likeness (QED) is 0.615. The van der Waals surface area contributed by atoms with E-state index in [0.29, 0.717) is 23.8 Å². The summed E-state index contributed by atoms with van der Waals surface area (Å²) >= 11 is 0. The van der Waals surface area contributed by atoms with Crippen LogP contribution >= 0.6 is 0 Å². The third-order valence-corrected chi connectivity index (χ3v) is 8.55. The summed E-state index contributed by atoms with van der Waals surface area (Å²) < 4.78 is 2.14. The molecule has 3 atom stereocenters. The zero-order chi connectivity index (χ0) is 20.8. The molecule has 3 saturated carbocycles. The SMILES string of the molecule is O=C(C1CCCC(c2cccc(-n3nccc3C3CC3)c2)C1)N1CCCC1C1CCC1. The second-order valence-electron chi connectivity index (χ2n) is 10.5. The van der Waals surface area contributed by atoms with E-state index in [2.05, 4.69) is 45.0 Å². The number of hydrogen-bond acceptors (Lipinski definition) is 2. The molecule has 1 aromatic heterocycles. The largest absolute Gasteiger partial charge is 0.339 e. The normalized spacial score (nSPS) is 29.2. The topological polar surface area (TPSA) is 38.1 Å². The van der Waals surface area contributed by atoms with Gasteiger partial charge in [-0.05, 0) is 93.4 Å². The highest BCUT2D eigenvalue weighted by Gasteiger charge is 2.40. The van der Waals surface area contributed by atoms with E-state index in [1.807, 2.05) is 6.20 Å². The first-order valence-corrected chi connectivity index (χ1v) is 12.7. The lowest BCUT2D eigenvalue weighted by atomic mass is 9.76. The van der Waals surface area contributed by atoms with Gasteiger partial charge >= 0.3 is 0 Å². The zero-order valence-corrected chi connectivity index (χ0v) is 18.6. The van der Waals surface area contributed by atoms with Crippen LogP contribution < -0.4 is 0 Å². The number of benzene rings is 1. The fraction of sp³-hybridized carbons (Fsp3) is 0.630. The van der Waals surface area contributed by atoms with E-state index in [4.69, 9.17) is 0 Å². The average molecular weight is 418 g/mol. The Labute approximate surface area is 186 Å². The number of carbonyl (C=O) groups excluding carboxylic acids is 1. The molecule has 4 heteroatoms. The number of rotatable bonds is 5. The van der Waals surface area contributed by atoms with Crippen molar-refractivity contribution in [2.45, 2.75) is 88.5 Å². The number of aromatic nitrogens is 2. The smallest absolute Gasteiger partial charge is 0.225 e. The highest BCUT2D eigenvalue weighted by molar-refractivity contribution is 5.79. The lowest BCUT2D eigenvalue weighted by Gasteiger charge is -2.39. The summed E-state index contributed by atoms with van der Waals surface area (Å²) in [5, 5.41) is 4.62. The molecule has 31 heavy (non-hydrogen) atoms. The predicted molar refractivity (Wildman–Crippen MR) is 122 cm³/mol. The Balaban J connectivity index is 1.18. The Morgan fingerprint density at radius 2 is 1.77 bits per heavy atom. The van der Waals surface area contributed by atoms with Crippen LogP contribution in [-0.4, -0.2) is 33.2 Å². The van der Waals surface area contributed by atoms with Gasteiger partial charge < -0.3 is 4.90 Å². The zero-order valence-electron chi connectivity index (χ0n) is 18.6. The van der Waals surface area contributed by atoms with Crippen molar-refractivity contribution in [2.24, 2.45) is 11.8 Å². The molecule has 0 bridgehead atoms. The molecule has 1 aromatic carbocycles. The van der Waals surface area contributed by atoms with Crippen LogP contribution in [0.3, 0.4) is 0 Å². The highest BCUT2D eigenvalue weighted by Crippen LogP contribution is 2.43. The van der Waals surface area contributed by atoms with Crippen molar-refractivity contribution in [3.63, 3.8) is 0 Å². The third kappa shape index (κ3) is 3.72. The number of amides is 1. The van der Waals surface area contributed by atoms with Crippen molar-refractivity contribution >= 4 is 5.91 Å². The summed E-state index contributed by atoms with van der Waals surface area (Å²) in [6, 6.07) is 11.7. The fourth-order valence-corrected chi connectivity index (χ4v) is 6.46. The molecule has 2 heterocycles. The van der Waals surface area contributed by atoms with Gasteiger partial charge in [0, 0.05) is 36.3 Å². The molecule has 0 spiro atoms. The Kier molecular flexibility index (Phi) is 5.12. The first kappa shape index (κ1) is 19.6. The van der Waals surface area contributed by atoms with E-state index in [9.17, 15) is 4.79 Å². The first-order chi connectivity index (χ1) is 15.3. The molecular weight excluding hydrogens is 382 g/mol. The third-order valence-electron chi connectivity index (χ3n) is 8.55. The van der Waals surface area contributed by atoms with Crippen LogP contribution in [0, 0.1) is 11.8 Å². The van der Waals surface area contributed by atoms with Gasteiger partial charge in [0.15, 0.2) is 0 Å². The summed E-state index contributed by atoms with van der Waals surface area (Å²) in [6.45, 7) is 1.000. The van der Waals surface area contributed by atoms with Crippen molar-refractivity contribution in [3.8, 4) is 5.69 Å². The van der Waals surface area contributed by atoms with Crippen LogP contribution in [0.5, 0.6) is 0 Å². The van der Waals surface area contributed by atoms with Gasteiger partial charge in [-0.25, -0.2) is 4.68 Å². The molecule has 4 aliphatic rings. The fourth-order valence-electron chi connectivity index (χ4n) is 6.46. The van der Waals surface area contributed by atoms with Gasteiger partial charge in [-0.1, -0.05) is 25.0 Å². The summed E-state index contributed by atoms with van der Waals surface area (Å²) in [4.78, 5) is 15.8. The molecule has 1 saturated heterocycles. The van der Waals surface area contributed by atoms with Crippen molar-refractivity contribution in [3.05, 3.63) is 47.8 Å². The minimum Gasteiger partial charge on any atom is -0.339 e. The van der Waals surface area contributed by atoms with Gasteiger partial charge in [0.25, 0.3) is 0 Å². The summed E-state index contributed by atoms with van der Waals surface area (Å²) in [6.07, 6.45) is 15.5. The lowest BCUT2D eigenvalue weighted by Crippen LogP contribution is -2.45. The maximum Gasteiger partial charge on any atom is 0.225 e. The molecule has 3 unspecified atom stereocenters. The standard InChI is InChI=1S/C27H35N3O/c31-27(29-16-4-11-25(29)19-5-1-6-19)23-9-2-7-21(17-23)22-8-3-10-24(18-22)30-26(14-15-28-30)20-12-13-20/h3,8,10,14-15,18-21,23,25H,1-2,4-7,9,11-13,16-17H2. The van der Waals surface area contributed by atoms with Crippen LogP contribution in [-0.2, 0) is 4.79 Å². The van der Waals surface area contributed by atoms with E-state index in [0.717, 1.165) is 25.3 Å². The van der Waals surface area contributed by atoms with Crippen molar-refractivity contribution < 1.29 is 4.79 Å². The van der Waals surface area contributed by atoms with Crippen molar-refractivity contribution in [1.29, 1.82) is 0 Å². The summed E-state index contributed by atoms with van der Waals surface area (Å²) in [5.74, 6) is 2.66. The van der Waals surface area contributed by atoms with E-state index in [-0.39, 0.29) is 5.92 Å². The molecule has 164 valence electrons. The van der Waals surface area contributed by atoms with E-state index >= 15 is 0 Å². The Morgan fingerprint density at radius 3 is 2.58 bits per heavy atom. The molecule has 0 N–H and O–H groups in total. The van der Waals surface area contributed by atoms with E-state index < -0.39 is 0 Å². The first-order valence-electron chi connectivity index (χ1n) is 12.7. The van der Waals surface area contributed by atoms with Gasteiger partial charge in [0.05, 0.1) is 5.69 Å². The van der Waals surface area contributed by atoms with Crippen LogP contribution in [0.1, 0.15) is 93.7 Å². The maximum absolute atomic E-state index is 13.5. The van der Waals surface area contributed by atoms with Gasteiger partial charge in [0.1, 0.15) is 0 Å². The second-order valence-corrected chi connectivity index (χ2v) is 10.5. The molecule has 0 radical (unpaired) electrons. The average Bonchev–Trinajstić information content (AvgIpc) is 3.30. The van der Waals surface area contributed by atoms with Crippen LogP contribution in [0.15, 0.2) is 36.5 Å². The van der Waals surface area contributed by atoms with Crippen LogP contribution in [0.4, 0.5) is 0 Å². The van der Waals surface area contributed by atoms with Crippen LogP contribution in [0.2, 0.25) is 0 Å². The Bertz CT molecular complexity index is 941. The monoisotopic (exact) mass is 417 g/mol. The second kappa shape index (κ2) is 8.11. The molecule has 4 fully saturated rings. The number of likely N-dealkylation sites (tertiary alicyclic amines) is 1. The molecule has 1 aliphatic heterocycles. The minimum atomic E-state index is 0.217. The summed E-state index contributed by atoms with van der Waals surface area (Å²) in [7, 11) is 0. The summed E-state index contributed by atoms with van der Waals surface area (Å²) in [5.41, 5.74) is 3.93. The Morgan fingerprint density at radius 1 is 0.903 bits per heavy atom. The highest BCUT2D eigenvalue weighted by atomic mass is 16.2. The van der Waals surface area contributed by atoms with Gasteiger partial charge in [0.2, 0.25) is 5.91 Å². The van der Waals surface area contributed by atoms with E-state index in [1.54, 1.807) is 0 Å². The molecule has 2 aromatic rings. The number of nitrogens with zero attached hydrogens (tertiary/aromatic N) is 3. The molecule has 3 aliphatic carbocycles. The molecule has 1 amide bonds. The Hall–Kier alpha value is -2.10. The predicted octanol–water partition coefficient (Wildman–Crippen LogP) is 5.81. The molecular formula is C27H35N3O.